The average molecular weight is 411 g/mol. The number of carbonyl (C=O) groups is 1. The molecule has 1 unspecified atom stereocenters. The molecule has 1 aromatic heterocycles. The van der Waals surface area contributed by atoms with Crippen molar-refractivity contribution in [3.63, 3.8) is 0 Å². The van der Waals surface area contributed by atoms with Gasteiger partial charge in [0.15, 0.2) is 10.9 Å². The lowest BCUT2D eigenvalue weighted by Gasteiger charge is -2.35. The summed E-state index contributed by atoms with van der Waals surface area (Å²) in [6.45, 7) is 3.08. The molecular weight excluding hydrogens is 391 g/mol. The molecule has 1 N–H and O–H groups in total. The van der Waals surface area contributed by atoms with Gasteiger partial charge >= 0.3 is 0 Å². The fraction of sp³-hybridized carbons (Fsp3) is 0.389. The van der Waals surface area contributed by atoms with Crippen LogP contribution in [0.25, 0.3) is 0 Å². The van der Waals surface area contributed by atoms with E-state index in [1.807, 2.05) is 6.26 Å². The van der Waals surface area contributed by atoms with Crippen molar-refractivity contribution >= 4 is 29.3 Å². The van der Waals surface area contributed by atoms with E-state index < -0.39 is 0 Å². The first-order chi connectivity index (χ1) is 13.1. The van der Waals surface area contributed by atoms with Crippen molar-refractivity contribution in [1.82, 2.24) is 20.2 Å². The number of amides is 1. The molecule has 2 aromatic rings. The maximum atomic E-state index is 13.3. The lowest BCUT2D eigenvalue weighted by atomic mass is 10.0. The Morgan fingerprint density at radius 2 is 2.07 bits per heavy atom. The number of hydrogen-bond donors (Lipinski definition) is 1. The molecule has 2 heterocycles. The molecule has 3 rings (SSSR count). The van der Waals surface area contributed by atoms with E-state index in [0.29, 0.717) is 24.9 Å². The molecule has 0 radical (unpaired) electrons. The second-order valence-electron chi connectivity index (χ2n) is 5.98. The number of nitrogens with zero attached hydrogens (tertiary/aromatic N) is 3. The third-order valence-corrected chi connectivity index (χ3v) is 5.16. The molecule has 1 amide bonds. The highest BCUT2D eigenvalue weighted by molar-refractivity contribution is 7.98. The topological polar surface area (TPSA) is 67.4 Å². The standard InChI is InChI=1S/C18H20ClFN4O2S/c1-27-18-22-10-14(19)16(23-18)17(25)21-11-15(24-6-8-26-9-7-24)12-2-4-13(20)5-3-12/h2-5,10,15H,6-9,11H2,1H3,(H,21,25). The first-order valence-corrected chi connectivity index (χ1v) is 10.1. The summed E-state index contributed by atoms with van der Waals surface area (Å²) < 4.78 is 18.7. The number of morpholine rings is 1. The maximum absolute atomic E-state index is 13.3. The molecule has 27 heavy (non-hydrogen) atoms. The number of ether oxygens (including phenoxy) is 1. The quantitative estimate of drug-likeness (QED) is 0.583. The van der Waals surface area contributed by atoms with Gasteiger partial charge in [0.25, 0.3) is 5.91 Å². The molecule has 0 saturated carbocycles. The lowest BCUT2D eigenvalue weighted by molar-refractivity contribution is 0.0162. The summed E-state index contributed by atoms with van der Waals surface area (Å²) in [7, 11) is 0. The van der Waals surface area contributed by atoms with E-state index in [9.17, 15) is 9.18 Å². The Bertz CT molecular complexity index is 787. The van der Waals surface area contributed by atoms with Gasteiger partial charge in [0.2, 0.25) is 0 Å². The van der Waals surface area contributed by atoms with Crippen LogP contribution in [0.3, 0.4) is 0 Å². The van der Waals surface area contributed by atoms with Gasteiger partial charge < -0.3 is 10.1 Å². The van der Waals surface area contributed by atoms with E-state index in [1.54, 1.807) is 12.1 Å². The lowest BCUT2D eigenvalue weighted by Crippen LogP contribution is -2.44. The van der Waals surface area contributed by atoms with E-state index in [4.69, 9.17) is 16.3 Å². The van der Waals surface area contributed by atoms with Gasteiger partial charge in [-0.15, -0.1) is 0 Å². The fourth-order valence-corrected chi connectivity index (χ4v) is 3.43. The van der Waals surface area contributed by atoms with Gasteiger partial charge in [0.05, 0.1) is 30.5 Å². The molecule has 9 heteroatoms. The van der Waals surface area contributed by atoms with Crippen LogP contribution in [0.1, 0.15) is 22.1 Å². The number of halogens is 2. The molecule has 1 aromatic carbocycles. The minimum absolute atomic E-state index is 0.0981. The monoisotopic (exact) mass is 410 g/mol. The highest BCUT2D eigenvalue weighted by atomic mass is 35.5. The summed E-state index contributed by atoms with van der Waals surface area (Å²) in [5.74, 6) is -0.654. The van der Waals surface area contributed by atoms with Crippen molar-refractivity contribution in [2.75, 3.05) is 39.1 Å². The number of rotatable bonds is 6. The van der Waals surface area contributed by atoms with Crippen LogP contribution < -0.4 is 5.32 Å². The Labute approximate surface area is 166 Å². The first kappa shape index (κ1) is 20.0. The number of thioether (sulfide) groups is 1. The Balaban J connectivity index is 1.76. The number of benzene rings is 1. The number of carbonyl (C=O) groups excluding carboxylic acids is 1. The first-order valence-electron chi connectivity index (χ1n) is 8.50. The van der Waals surface area contributed by atoms with E-state index in [-0.39, 0.29) is 28.5 Å². The number of nitrogens with one attached hydrogen (secondary N) is 1. The molecule has 0 bridgehead atoms. The van der Waals surface area contributed by atoms with Crippen molar-refractivity contribution in [2.45, 2.75) is 11.2 Å². The minimum Gasteiger partial charge on any atom is -0.379 e. The fourth-order valence-electron chi connectivity index (χ4n) is 2.91. The van der Waals surface area contributed by atoms with Crippen molar-refractivity contribution in [2.24, 2.45) is 0 Å². The van der Waals surface area contributed by atoms with Crippen LogP contribution in [0.2, 0.25) is 5.02 Å². The molecule has 0 spiro atoms. The van der Waals surface area contributed by atoms with Gasteiger partial charge in [-0.25, -0.2) is 14.4 Å². The summed E-state index contributed by atoms with van der Waals surface area (Å²) >= 11 is 7.42. The Hall–Kier alpha value is -1.74. The molecular formula is C18H20ClFN4O2S. The van der Waals surface area contributed by atoms with Gasteiger partial charge in [-0.2, -0.15) is 0 Å². The zero-order valence-electron chi connectivity index (χ0n) is 14.8. The normalized spacial score (nSPS) is 16.1. The van der Waals surface area contributed by atoms with Gasteiger partial charge in [-0.05, 0) is 24.0 Å². The molecule has 0 aliphatic carbocycles. The molecule has 1 aliphatic heterocycles. The van der Waals surface area contributed by atoms with E-state index in [1.165, 1.54) is 30.1 Å². The van der Waals surface area contributed by atoms with E-state index >= 15 is 0 Å². The Morgan fingerprint density at radius 1 is 1.37 bits per heavy atom. The highest BCUT2D eigenvalue weighted by Gasteiger charge is 2.24. The zero-order valence-corrected chi connectivity index (χ0v) is 16.4. The summed E-state index contributed by atoms with van der Waals surface area (Å²) in [5.41, 5.74) is 1.08. The third kappa shape index (κ3) is 5.16. The van der Waals surface area contributed by atoms with Gasteiger partial charge in [0, 0.05) is 19.6 Å². The third-order valence-electron chi connectivity index (χ3n) is 4.32. The predicted octanol–water partition coefficient (Wildman–Crippen LogP) is 2.79. The van der Waals surface area contributed by atoms with Gasteiger partial charge in [-0.1, -0.05) is 35.5 Å². The molecule has 1 saturated heterocycles. The average Bonchev–Trinajstić information content (AvgIpc) is 2.70. The van der Waals surface area contributed by atoms with Crippen LogP contribution >= 0.6 is 23.4 Å². The summed E-state index contributed by atoms with van der Waals surface area (Å²) in [6.07, 6.45) is 3.25. The second-order valence-corrected chi connectivity index (χ2v) is 7.16. The van der Waals surface area contributed by atoms with Gasteiger partial charge in [-0.3, -0.25) is 9.69 Å². The Morgan fingerprint density at radius 3 is 2.74 bits per heavy atom. The second kappa shape index (κ2) is 9.45. The van der Waals surface area contributed by atoms with Crippen molar-refractivity contribution in [3.05, 3.63) is 52.6 Å². The highest BCUT2D eigenvalue weighted by Crippen LogP contribution is 2.22. The Kier molecular flexibility index (Phi) is 7.01. The molecule has 1 aliphatic rings. The van der Waals surface area contributed by atoms with Crippen LogP contribution in [0.5, 0.6) is 0 Å². The van der Waals surface area contributed by atoms with E-state index in [0.717, 1.165) is 18.7 Å². The summed E-state index contributed by atoms with van der Waals surface area (Å²) in [6, 6.07) is 6.24. The van der Waals surface area contributed by atoms with E-state index in [2.05, 4.69) is 20.2 Å². The minimum atomic E-state index is -0.363. The predicted molar refractivity (Wildman–Crippen MR) is 103 cm³/mol. The molecule has 6 nitrogen and oxygen atoms in total. The van der Waals surface area contributed by atoms with Crippen LogP contribution in [0.15, 0.2) is 35.6 Å². The number of aromatic nitrogens is 2. The van der Waals surface area contributed by atoms with Crippen molar-refractivity contribution < 1.29 is 13.9 Å². The van der Waals surface area contributed by atoms with Crippen LogP contribution in [0.4, 0.5) is 4.39 Å². The SMILES string of the molecule is CSc1ncc(Cl)c(C(=O)NCC(c2ccc(F)cc2)N2CCOCC2)n1. The van der Waals surface area contributed by atoms with Crippen LogP contribution in [0, 0.1) is 5.82 Å². The molecule has 1 atom stereocenters. The summed E-state index contributed by atoms with van der Waals surface area (Å²) in [5, 5.41) is 3.59. The number of hydrogen-bond acceptors (Lipinski definition) is 6. The zero-order chi connectivity index (χ0) is 19.2. The largest absolute Gasteiger partial charge is 0.379 e. The smallest absolute Gasteiger partial charge is 0.271 e. The maximum Gasteiger partial charge on any atom is 0.271 e. The van der Waals surface area contributed by atoms with Crippen LogP contribution in [-0.4, -0.2) is 59.9 Å². The van der Waals surface area contributed by atoms with Crippen molar-refractivity contribution in [3.8, 4) is 0 Å². The van der Waals surface area contributed by atoms with Crippen LogP contribution in [-0.2, 0) is 4.74 Å². The molecule has 144 valence electrons. The van der Waals surface area contributed by atoms with Crippen molar-refractivity contribution in [1.29, 1.82) is 0 Å². The van der Waals surface area contributed by atoms with Gasteiger partial charge in [0.1, 0.15) is 5.82 Å². The molecule has 1 fully saturated rings. The summed E-state index contributed by atoms with van der Waals surface area (Å²) in [4.78, 5) is 23.1.